The van der Waals surface area contributed by atoms with Crippen LogP contribution in [0.3, 0.4) is 0 Å². The minimum atomic E-state index is -0.241. The molecule has 2 aromatic heterocycles. The monoisotopic (exact) mass is 359 g/mol. The number of thiophene rings is 1. The van der Waals surface area contributed by atoms with E-state index in [1.54, 1.807) is 17.7 Å². The van der Waals surface area contributed by atoms with Crippen LogP contribution in [0.4, 0.5) is 0 Å². The maximum atomic E-state index is 11.4. The van der Waals surface area contributed by atoms with Crippen molar-refractivity contribution >= 4 is 27.5 Å². The Morgan fingerprint density at radius 1 is 1.28 bits per heavy atom. The molecule has 0 aliphatic heterocycles. The fourth-order valence-corrected chi connectivity index (χ4v) is 5.62. The number of nitrogens with two attached hydrogens (primary N) is 1. The lowest BCUT2D eigenvalue weighted by Gasteiger charge is -2.28. The van der Waals surface area contributed by atoms with Gasteiger partial charge in [-0.05, 0) is 55.9 Å². The first-order valence-electron chi connectivity index (χ1n) is 9.37. The molecule has 0 radical (unpaired) electrons. The van der Waals surface area contributed by atoms with Gasteiger partial charge in [-0.15, -0.1) is 11.3 Å². The van der Waals surface area contributed by atoms with E-state index in [0.29, 0.717) is 12.3 Å². The zero-order valence-corrected chi connectivity index (χ0v) is 15.5. The third kappa shape index (κ3) is 3.24. The molecule has 4 rings (SSSR count). The quantitative estimate of drug-likeness (QED) is 0.877. The Morgan fingerprint density at radius 2 is 2.08 bits per heavy atom. The highest BCUT2D eigenvalue weighted by atomic mass is 32.1. The fraction of sp³-hybridized carbons (Fsp3) is 0.632. The summed E-state index contributed by atoms with van der Waals surface area (Å²) < 4.78 is 6.34. The van der Waals surface area contributed by atoms with Crippen molar-refractivity contribution in [2.45, 2.75) is 70.3 Å². The number of carbonyl (C=O) groups excluding carboxylic acids is 1. The summed E-state index contributed by atoms with van der Waals surface area (Å²) in [7, 11) is 0. The molecule has 1 amide bonds. The van der Waals surface area contributed by atoms with E-state index in [9.17, 15) is 4.79 Å². The molecule has 1 unspecified atom stereocenters. The molecule has 2 aliphatic rings. The van der Waals surface area contributed by atoms with E-state index < -0.39 is 0 Å². The lowest BCUT2D eigenvalue weighted by Crippen LogP contribution is -2.24. The highest BCUT2D eigenvalue weighted by Crippen LogP contribution is 2.47. The van der Waals surface area contributed by atoms with E-state index >= 15 is 0 Å². The molecule has 2 N–H and O–H groups in total. The molecule has 0 spiro atoms. The first-order chi connectivity index (χ1) is 12.2. The molecule has 1 saturated carbocycles. The van der Waals surface area contributed by atoms with E-state index in [1.807, 2.05) is 0 Å². The van der Waals surface area contributed by atoms with Crippen molar-refractivity contribution in [2.75, 3.05) is 0 Å². The maximum absolute atomic E-state index is 11.4. The molecule has 1 atom stereocenters. The molecule has 0 bridgehead atoms. The van der Waals surface area contributed by atoms with Gasteiger partial charge in [0.15, 0.2) is 0 Å². The number of amides is 1. The van der Waals surface area contributed by atoms with Gasteiger partial charge in [0.2, 0.25) is 11.8 Å². The molecule has 2 heterocycles. The van der Waals surface area contributed by atoms with Crippen LogP contribution in [0.25, 0.3) is 10.2 Å². The van der Waals surface area contributed by atoms with Crippen molar-refractivity contribution in [2.24, 2.45) is 11.7 Å². The van der Waals surface area contributed by atoms with Gasteiger partial charge in [0.25, 0.3) is 0 Å². The smallest absolute Gasteiger partial charge is 0.225 e. The van der Waals surface area contributed by atoms with Crippen LogP contribution in [0.1, 0.15) is 68.2 Å². The first kappa shape index (κ1) is 16.8. The van der Waals surface area contributed by atoms with Crippen LogP contribution in [0, 0.1) is 5.92 Å². The molecular weight excluding hydrogens is 334 g/mol. The molecule has 5 nitrogen and oxygen atoms in total. The Kier molecular flexibility index (Phi) is 4.63. The summed E-state index contributed by atoms with van der Waals surface area (Å²) in [5.74, 6) is 1.49. The van der Waals surface area contributed by atoms with Crippen molar-refractivity contribution in [3.05, 3.63) is 16.8 Å². The Hall–Kier alpha value is -1.69. The van der Waals surface area contributed by atoms with Crippen LogP contribution in [0.2, 0.25) is 0 Å². The van der Waals surface area contributed by atoms with Gasteiger partial charge in [0.1, 0.15) is 17.3 Å². The van der Waals surface area contributed by atoms with Crippen molar-refractivity contribution in [3.63, 3.8) is 0 Å². The Balaban J connectivity index is 1.63. The number of primary amides is 1. The summed E-state index contributed by atoms with van der Waals surface area (Å²) in [4.78, 5) is 22.7. The topological polar surface area (TPSA) is 78.1 Å². The predicted octanol–water partition coefficient (Wildman–Crippen LogP) is 3.94. The second kappa shape index (κ2) is 6.90. The van der Waals surface area contributed by atoms with Gasteiger partial charge in [-0.2, -0.15) is 0 Å². The number of aromatic nitrogens is 2. The summed E-state index contributed by atoms with van der Waals surface area (Å²) in [6.07, 6.45) is 10.2. The van der Waals surface area contributed by atoms with Gasteiger partial charge in [-0.25, -0.2) is 9.97 Å². The molecule has 2 aromatic rings. The Labute approximate surface area is 152 Å². The average Bonchev–Trinajstić information content (AvgIpc) is 3.15. The fourth-order valence-electron chi connectivity index (χ4n) is 4.39. The predicted molar refractivity (Wildman–Crippen MR) is 99.0 cm³/mol. The summed E-state index contributed by atoms with van der Waals surface area (Å²) in [6, 6.07) is 0. The molecular formula is C19H25N3O2S. The minimum Gasteiger partial charge on any atom is -0.474 e. The molecule has 0 saturated heterocycles. The second-order valence-corrected chi connectivity index (χ2v) is 8.46. The molecule has 25 heavy (non-hydrogen) atoms. The van der Waals surface area contributed by atoms with Crippen LogP contribution < -0.4 is 10.5 Å². The van der Waals surface area contributed by atoms with Gasteiger partial charge in [0, 0.05) is 11.3 Å². The Bertz CT molecular complexity index is 780. The number of aryl methyl sites for hydroxylation is 1. The summed E-state index contributed by atoms with van der Waals surface area (Å²) in [6.45, 7) is 2.27. The molecule has 1 fully saturated rings. The van der Waals surface area contributed by atoms with E-state index in [-0.39, 0.29) is 17.9 Å². The third-order valence-electron chi connectivity index (χ3n) is 5.79. The molecule has 0 aromatic carbocycles. The number of hydrogen-bond donors (Lipinski definition) is 1. The average molecular weight is 359 g/mol. The normalized spacial score (nSPS) is 25.9. The van der Waals surface area contributed by atoms with Gasteiger partial charge in [-0.1, -0.05) is 13.3 Å². The zero-order valence-electron chi connectivity index (χ0n) is 14.7. The van der Waals surface area contributed by atoms with E-state index in [0.717, 1.165) is 41.8 Å². The number of nitrogens with zero attached hydrogens (tertiary/aromatic N) is 2. The zero-order chi connectivity index (χ0) is 17.4. The summed E-state index contributed by atoms with van der Waals surface area (Å²) in [5, 5.41) is 1.03. The minimum absolute atomic E-state index is 0.186. The van der Waals surface area contributed by atoms with E-state index in [1.165, 1.54) is 29.7 Å². The number of fused-ring (bicyclic) bond motifs is 3. The number of hydrogen-bond acceptors (Lipinski definition) is 5. The van der Waals surface area contributed by atoms with Crippen LogP contribution >= 0.6 is 11.3 Å². The number of rotatable bonds is 5. The van der Waals surface area contributed by atoms with E-state index in [2.05, 4.69) is 16.9 Å². The van der Waals surface area contributed by atoms with Crippen LogP contribution in [-0.2, 0) is 11.2 Å². The summed E-state index contributed by atoms with van der Waals surface area (Å²) in [5.41, 5.74) is 6.68. The molecule has 6 heteroatoms. The maximum Gasteiger partial charge on any atom is 0.225 e. The van der Waals surface area contributed by atoms with Crippen molar-refractivity contribution < 1.29 is 9.53 Å². The van der Waals surface area contributed by atoms with Crippen LogP contribution in [-0.4, -0.2) is 22.0 Å². The standard InChI is InChI=1S/C19H25N3O2S/c1-2-11-3-6-13(7-4-11)24-18-17-16-12(9-15(20)23)5-8-14(16)25-19(17)22-10-21-18/h10-13H,2-9H2,1H3,(H2,20,23). The molecule has 134 valence electrons. The second-order valence-electron chi connectivity index (χ2n) is 7.37. The highest BCUT2D eigenvalue weighted by Gasteiger charge is 2.32. The Morgan fingerprint density at radius 3 is 2.80 bits per heavy atom. The van der Waals surface area contributed by atoms with Crippen LogP contribution in [0.5, 0.6) is 5.88 Å². The lowest BCUT2D eigenvalue weighted by atomic mass is 9.86. The largest absolute Gasteiger partial charge is 0.474 e. The highest BCUT2D eigenvalue weighted by molar-refractivity contribution is 7.19. The van der Waals surface area contributed by atoms with Crippen molar-refractivity contribution in [1.29, 1.82) is 0 Å². The van der Waals surface area contributed by atoms with Gasteiger partial charge in [-0.3, -0.25) is 4.79 Å². The van der Waals surface area contributed by atoms with Crippen molar-refractivity contribution in [1.82, 2.24) is 9.97 Å². The van der Waals surface area contributed by atoms with E-state index in [4.69, 9.17) is 10.5 Å². The first-order valence-corrected chi connectivity index (χ1v) is 10.2. The van der Waals surface area contributed by atoms with Crippen molar-refractivity contribution in [3.8, 4) is 5.88 Å². The SMILES string of the molecule is CCC1CCC(Oc2ncnc3sc4c(c23)C(CC(N)=O)CC4)CC1. The molecule has 2 aliphatic carbocycles. The summed E-state index contributed by atoms with van der Waals surface area (Å²) >= 11 is 1.71. The number of ether oxygens (including phenoxy) is 1. The van der Waals surface area contributed by atoms with Crippen LogP contribution in [0.15, 0.2) is 6.33 Å². The lowest BCUT2D eigenvalue weighted by molar-refractivity contribution is -0.118. The van der Waals surface area contributed by atoms with Gasteiger partial charge in [0.05, 0.1) is 5.39 Å². The third-order valence-corrected chi connectivity index (χ3v) is 6.97. The number of carbonyl (C=O) groups is 1. The van der Waals surface area contributed by atoms with Gasteiger partial charge >= 0.3 is 0 Å². The van der Waals surface area contributed by atoms with Gasteiger partial charge < -0.3 is 10.5 Å².